The van der Waals surface area contributed by atoms with E-state index >= 15 is 0 Å². The Hall–Kier alpha value is -3.75. The summed E-state index contributed by atoms with van der Waals surface area (Å²) in [5.74, 6) is -0.379. The number of hydrogen-bond acceptors (Lipinski definition) is 7. The molecule has 0 aromatic heterocycles. The van der Waals surface area contributed by atoms with E-state index in [1.54, 1.807) is 6.07 Å². The molecule has 2 amide bonds. The van der Waals surface area contributed by atoms with Crippen molar-refractivity contribution in [3.8, 4) is 17.2 Å². The molecule has 2 fully saturated rings. The molecule has 2 saturated carbocycles. The summed E-state index contributed by atoms with van der Waals surface area (Å²) in [7, 11) is 1.34. The maximum Gasteiger partial charge on any atom is 0.306 e. The van der Waals surface area contributed by atoms with Gasteiger partial charge in [-0.1, -0.05) is 13.0 Å². The highest BCUT2D eigenvalue weighted by atomic mass is 16.5. The zero-order valence-electron chi connectivity index (χ0n) is 22.4. The lowest BCUT2D eigenvalue weighted by molar-refractivity contribution is -0.158. The van der Waals surface area contributed by atoms with Crippen molar-refractivity contribution in [1.29, 1.82) is 0 Å². The number of carbonyl (C=O) groups excluding carboxylic acids is 3. The van der Waals surface area contributed by atoms with Gasteiger partial charge in [0.15, 0.2) is 5.75 Å². The van der Waals surface area contributed by atoms with Crippen molar-refractivity contribution in [2.45, 2.75) is 70.3 Å². The Morgan fingerprint density at radius 2 is 1.87 bits per heavy atom. The summed E-state index contributed by atoms with van der Waals surface area (Å²) in [5.41, 5.74) is 7.64. The van der Waals surface area contributed by atoms with Gasteiger partial charge in [0.05, 0.1) is 19.2 Å². The van der Waals surface area contributed by atoms with Gasteiger partial charge < -0.3 is 30.7 Å². The predicted octanol–water partition coefficient (Wildman–Crippen LogP) is 4.39. The Labute approximate surface area is 227 Å². The van der Waals surface area contributed by atoms with Gasteiger partial charge in [0.25, 0.3) is 5.91 Å². The maximum absolute atomic E-state index is 12.8. The van der Waals surface area contributed by atoms with Gasteiger partial charge in [-0.15, -0.1) is 0 Å². The number of benzene rings is 2. The van der Waals surface area contributed by atoms with Gasteiger partial charge in [-0.05, 0) is 91.7 Å². The van der Waals surface area contributed by atoms with E-state index in [0.29, 0.717) is 23.5 Å². The third-order valence-corrected chi connectivity index (χ3v) is 9.33. The highest BCUT2D eigenvalue weighted by Gasteiger charge is 2.56. The molecule has 5 unspecified atom stereocenters. The molecule has 0 bridgehead atoms. The number of esters is 1. The second-order valence-electron chi connectivity index (χ2n) is 11.4. The van der Waals surface area contributed by atoms with Gasteiger partial charge in [0.2, 0.25) is 5.91 Å². The number of aryl methyl sites for hydroxylation is 1. The number of phenols is 2. The highest BCUT2D eigenvalue weighted by molar-refractivity contribution is 6.02. The first-order valence-electron chi connectivity index (χ1n) is 13.6. The number of methoxy groups -OCH3 is 1. The van der Waals surface area contributed by atoms with E-state index in [9.17, 15) is 24.6 Å². The van der Waals surface area contributed by atoms with Gasteiger partial charge in [-0.25, -0.2) is 0 Å². The van der Waals surface area contributed by atoms with Gasteiger partial charge in [0, 0.05) is 11.8 Å². The Morgan fingerprint density at radius 1 is 1.08 bits per heavy atom. The van der Waals surface area contributed by atoms with Crippen LogP contribution in [0.2, 0.25) is 0 Å². The Balaban J connectivity index is 1.18. The number of phenolic OH excluding ortho intramolecular Hbond substituents is 1. The summed E-state index contributed by atoms with van der Waals surface area (Å²) in [6.45, 7) is 2.25. The molecule has 39 heavy (non-hydrogen) atoms. The Bertz CT molecular complexity index is 1310. The molecule has 3 aliphatic carbocycles. The molecule has 0 radical (unpaired) electrons. The van der Waals surface area contributed by atoms with Crippen LogP contribution >= 0.6 is 0 Å². The van der Waals surface area contributed by atoms with Crippen LogP contribution < -0.4 is 15.8 Å². The number of primary amides is 1. The summed E-state index contributed by atoms with van der Waals surface area (Å²) in [4.78, 5) is 37.0. The standard InChI is InChI=1S/C30H36N2O7/c1-30-14-13-19-18-6-4-17(33)15-16(18)3-5-20(19)21(30)7-10-24(30)39-26(35)12-11-25(34)32-22-8-9-23(38-2)27(28(22)36)29(31)37/h4,6,8-9,15,19-21,24,33,36H,3,5,7,10-14H2,1-2H3,(H2,31,37)(H,32,34). The van der Waals surface area contributed by atoms with Crippen molar-refractivity contribution in [2.24, 2.45) is 23.0 Å². The summed E-state index contributed by atoms with van der Waals surface area (Å²) in [6, 6.07) is 8.60. The number of carbonyl (C=O) groups is 3. The van der Waals surface area contributed by atoms with Crippen LogP contribution in [0.25, 0.3) is 0 Å². The quantitative estimate of drug-likeness (QED) is 0.303. The largest absolute Gasteiger partial charge is 0.508 e. The fourth-order valence-electron chi connectivity index (χ4n) is 7.44. The van der Waals surface area contributed by atoms with Crippen LogP contribution in [0.15, 0.2) is 30.3 Å². The van der Waals surface area contributed by atoms with Crippen molar-refractivity contribution < 1.29 is 34.1 Å². The van der Waals surface area contributed by atoms with Crippen LogP contribution in [-0.4, -0.2) is 41.2 Å². The third-order valence-electron chi connectivity index (χ3n) is 9.33. The number of nitrogens with one attached hydrogen (secondary N) is 1. The molecular weight excluding hydrogens is 500 g/mol. The average Bonchev–Trinajstić information content (AvgIpc) is 3.23. The molecule has 2 aromatic carbocycles. The van der Waals surface area contributed by atoms with E-state index in [1.165, 1.54) is 30.4 Å². The number of fused-ring (bicyclic) bond motifs is 5. The van der Waals surface area contributed by atoms with Gasteiger partial charge in [-0.2, -0.15) is 0 Å². The number of amides is 2. The van der Waals surface area contributed by atoms with Crippen LogP contribution in [0.3, 0.4) is 0 Å². The summed E-state index contributed by atoms with van der Waals surface area (Å²) in [6.07, 6.45) is 5.48. The molecule has 5 rings (SSSR count). The van der Waals surface area contributed by atoms with Crippen molar-refractivity contribution in [3.63, 3.8) is 0 Å². The fraction of sp³-hybridized carbons (Fsp3) is 0.500. The van der Waals surface area contributed by atoms with Gasteiger partial charge in [-0.3, -0.25) is 14.4 Å². The minimum atomic E-state index is -0.891. The normalized spacial score (nSPS) is 27.0. The first-order valence-corrected chi connectivity index (χ1v) is 13.6. The van der Waals surface area contributed by atoms with Crippen LogP contribution in [0.4, 0.5) is 5.69 Å². The number of anilines is 1. The lowest BCUT2D eigenvalue weighted by atomic mass is 9.55. The molecule has 0 saturated heterocycles. The molecular formula is C30H36N2O7. The summed E-state index contributed by atoms with van der Waals surface area (Å²) >= 11 is 0. The highest BCUT2D eigenvalue weighted by Crippen LogP contribution is 2.61. The smallest absolute Gasteiger partial charge is 0.306 e. The Kier molecular flexibility index (Phi) is 7.18. The van der Waals surface area contributed by atoms with E-state index < -0.39 is 23.5 Å². The van der Waals surface area contributed by atoms with E-state index in [1.807, 2.05) is 6.07 Å². The van der Waals surface area contributed by atoms with E-state index in [4.69, 9.17) is 15.2 Å². The second kappa shape index (κ2) is 10.4. The monoisotopic (exact) mass is 536 g/mol. The number of hydrogen-bond donors (Lipinski definition) is 4. The zero-order chi connectivity index (χ0) is 27.9. The topological polar surface area (TPSA) is 148 Å². The number of rotatable bonds is 7. The molecule has 0 spiro atoms. The lowest BCUT2D eigenvalue weighted by Gasteiger charge is -2.50. The van der Waals surface area contributed by atoms with Crippen molar-refractivity contribution in [1.82, 2.24) is 0 Å². The molecule has 0 heterocycles. The molecule has 5 atom stereocenters. The lowest BCUT2D eigenvalue weighted by Crippen LogP contribution is -2.45. The van der Waals surface area contributed by atoms with E-state index in [2.05, 4.69) is 18.3 Å². The molecule has 2 aromatic rings. The van der Waals surface area contributed by atoms with E-state index in [-0.39, 0.29) is 41.4 Å². The van der Waals surface area contributed by atoms with Crippen molar-refractivity contribution >= 4 is 23.5 Å². The first-order chi connectivity index (χ1) is 18.6. The minimum absolute atomic E-state index is 0.00939. The second-order valence-corrected chi connectivity index (χ2v) is 11.4. The molecule has 9 nitrogen and oxygen atoms in total. The van der Waals surface area contributed by atoms with Gasteiger partial charge >= 0.3 is 5.97 Å². The van der Waals surface area contributed by atoms with Crippen LogP contribution in [0, 0.1) is 17.3 Å². The van der Waals surface area contributed by atoms with Crippen molar-refractivity contribution in [2.75, 3.05) is 12.4 Å². The van der Waals surface area contributed by atoms with Crippen LogP contribution in [-0.2, 0) is 20.7 Å². The molecule has 5 N–H and O–H groups in total. The summed E-state index contributed by atoms with van der Waals surface area (Å²) < 4.78 is 11.0. The molecule has 3 aliphatic rings. The van der Waals surface area contributed by atoms with E-state index in [0.717, 1.165) is 38.5 Å². The third kappa shape index (κ3) is 4.90. The maximum atomic E-state index is 12.8. The summed E-state index contributed by atoms with van der Waals surface area (Å²) in [5, 5.41) is 22.8. The number of ether oxygens (including phenoxy) is 2. The predicted molar refractivity (Wildman–Crippen MR) is 144 cm³/mol. The number of nitrogens with two attached hydrogens (primary N) is 1. The fourth-order valence-corrected chi connectivity index (χ4v) is 7.44. The van der Waals surface area contributed by atoms with Crippen molar-refractivity contribution in [3.05, 3.63) is 47.0 Å². The van der Waals surface area contributed by atoms with Gasteiger partial charge in [0.1, 0.15) is 23.2 Å². The molecule has 9 heteroatoms. The Morgan fingerprint density at radius 3 is 2.62 bits per heavy atom. The zero-order valence-corrected chi connectivity index (χ0v) is 22.4. The van der Waals surface area contributed by atoms with Crippen LogP contribution in [0.1, 0.15) is 79.3 Å². The molecule has 208 valence electrons. The number of aromatic hydroxyl groups is 2. The molecule has 0 aliphatic heterocycles. The SMILES string of the molecule is COc1ccc(NC(=O)CCC(=O)OC2CCC3C4CCc5cc(O)ccc5C4CCC23C)c(O)c1C(N)=O. The average molecular weight is 537 g/mol. The van der Waals surface area contributed by atoms with Crippen LogP contribution in [0.5, 0.6) is 17.2 Å². The minimum Gasteiger partial charge on any atom is -0.508 e. The first kappa shape index (κ1) is 26.8.